The van der Waals surface area contributed by atoms with Crippen molar-refractivity contribution in [3.8, 4) is 5.75 Å². The summed E-state index contributed by atoms with van der Waals surface area (Å²) in [5.41, 5.74) is 4.23. The largest absolute Gasteiger partial charge is 0.497 e. The lowest BCUT2D eigenvalue weighted by molar-refractivity contribution is 0.219. The molecular weight excluding hydrogens is 316 g/mol. The first kappa shape index (κ1) is 15.8. The second kappa shape index (κ2) is 7.43. The van der Waals surface area contributed by atoms with Crippen LogP contribution >= 0.6 is 15.9 Å². The molecule has 1 atom stereocenters. The first-order valence-corrected chi connectivity index (χ1v) is 8.28. The number of hydrogen-bond donors (Lipinski definition) is 2. The lowest BCUT2D eigenvalue weighted by Crippen LogP contribution is -2.35. The smallest absolute Gasteiger partial charge is 0.119 e. The van der Waals surface area contributed by atoms with Gasteiger partial charge in [0.15, 0.2) is 0 Å². The van der Waals surface area contributed by atoms with Crippen molar-refractivity contribution in [2.75, 3.05) is 7.11 Å². The molecule has 0 radical (unpaired) electrons. The van der Waals surface area contributed by atoms with Gasteiger partial charge < -0.3 is 4.74 Å². The molecule has 0 spiro atoms. The Morgan fingerprint density at radius 2 is 2.05 bits per heavy atom. The summed E-state index contributed by atoms with van der Waals surface area (Å²) in [6.07, 6.45) is 6.44. The summed E-state index contributed by atoms with van der Waals surface area (Å²) in [6, 6.07) is 6.28. The molecule has 1 unspecified atom stereocenters. The fraction of sp³-hybridized carbons (Fsp3) is 0.625. The Morgan fingerprint density at radius 3 is 2.60 bits per heavy atom. The highest BCUT2D eigenvalue weighted by Crippen LogP contribution is 2.40. The van der Waals surface area contributed by atoms with E-state index in [0.717, 1.165) is 16.1 Å². The van der Waals surface area contributed by atoms with Gasteiger partial charge in [-0.2, -0.15) is 0 Å². The zero-order valence-corrected chi connectivity index (χ0v) is 13.9. The van der Waals surface area contributed by atoms with Crippen molar-refractivity contribution < 1.29 is 4.74 Å². The van der Waals surface area contributed by atoms with E-state index in [1.54, 1.807) is 7.11 Å². The molecule has 1 saturated carbocycles. The Balaban J connectivity index is 2.16. The summed E-state index contributed by atoms with van der Waals surface area (Å²) in [7, 11) is 1.70. The SMILES string of the molecule is CCC1CCC(C(NN)c2cc(OC)ccc2Br)CC1. The Hall–Kier alpha value is -0.580. The van der Waals surface area contributed by atoms with Crippen molar-refractivity contribution in [1.82, 2.24) is 5.43 Å². The van der Waals surface area contributed by atoms with Crippen molar-refractivity contribution in [1.29, 1.82) is 0 Å². The molecule has 3 nitrogen and oxygen atoms in total. The van der Waals surface area contributed by atoms with Gasteiger partial charge in [-0.15, -0.1) is 0 Å². The maximum atomic E-state index is 5.85. The quantitative estimate of drug-likeness (QED) is 0.624. The first-order valence-electron chi connectivity index (χ1n) is 7.49. The highest BCUT2D eigenvalue weighted by Gasteiger charge is 2.28. The molecule has 1 aliphatic carbocycles. The fourth-order valence-electron chi connectivity index (χ4n) is 3.30. The predicted molar refractivity (Wildman–Crippen MR) is 86.5 cm³/mol. The Labute approximate surface area is 130 Å². The Morgan fingerprint density at radius 1 is 1.35 bits per heavy atom. The number of rotatable bonds is 5. The van der Waals surface area contributed by atoms with Gasteiger partial charge in [0.05, 0.1) is 13.2 Å². The van der Waals surface area contributed by atoms with Crippen LogP contribution in [0.1, 0.15) is 50.6 Å². The molecule has 1 aromatic carbocycles. The van der Waals surface area contributed by atoms with Crippen molar-refractivity contribution in [3.63, 3.8) is 0 Å². The number of hydrogen-bond acceptors (Lipinski definition) is 3. The van der Waals surface area contributed by atoms with Gasteiger partial charge >= 0.3 is 0 Å². The molecule has 0 amide bonds. The number of benzene rings is 1. The molecule has 1 aliphatic rings. The highest BCUT2D eigenvalue weighted by atomic mass is 79.9. The molecule has 4 heteroatoms. The normalized spacial score (nSPS) is 24.4. The van der Waals surface area contributed by atoms with Gasteiger partial charge in [-0.3, -0.25) is 11.3 Å². The minimum Gasteiger partial charge on any atom is -0.497 e. The highest BCUT2D eigenvalue weighted by molar-refractivity contribution is 9.10. The van der Waals surface area contributed by atoms with Gasteiger partial charge in [0, 0.05) is 4.47 Å². The first-order chi connectivity index (χ1) is 9.69. The lowest BCUT2D eigenvalue weighted by atomic mass is 9.76. The molecule has 3 N–H and O–H groups in total. The van der Waals surface area contributed by atoms with Crippen molar-refractivity contribution in [3.05, 3.63) is 28.2 Å². The van der Waals surface area contributed by atoms with E-state index in [2.05, 4.69) is 34.3 Å². The molecule has 0 bridgehead atoms. The molecule has 0 aromatic heterocycles. The van der Waals surface area contributed by atoms with E-state index in [9.17, 15) is 0 Å². The molecule has 0 saturated heterocycles. The predicted octanol–water partition coefficient (Wildman–Crippen LogP) is 4.18. The number of nitrogens with one attached hydrogen (secondary N) is 1. The van der Waals surface area contributed by atoms with Crippen LogP contribution in [0.3, 0.4) is 0 Å². The van der Waals surface area contributed by atoms with Gasteiger partial charge in [-0.05, 0) is 48.4 Å². The third-order valence-corrected chi connectivity index (χ3v) is 5.38. The van der Waals surface area contributed by atoms with Crippen LogP contribution < -0.4 is 16.0 Å². The molecule has 2 rings (SSSR count). The van der Waals surface area contributed by atoms with Crippen LogP contribution in [-0.2, 0) is 0 Å². The minimum absolute atomic E-state index is 0.192. The maximum absolute atomic E-state index is 5.85. The second-order valence-electron chi connectivity index (χ2n) is 5.72. The van der Waals surface area contributed by atoms with Gasteiger partial charge in [-0.25, -0.2) is 0 Å². The summed E-state index contributed by atoms with van der Waals surface area (Å²) in [5.74, 6) is 8.24. The summed E-state index contributed by atoms with van der Waals surface area (Å²) in [5, 5.41) is 0. The van der Waals surface area contributed by atoms with Crippen LogP contribution in [0.5, 0.6) is 5.75 Å². The molecule has 1 aromatic rings. The summed E-state index contributed by atoms with van der Waals surface area (Å²) in [6.45, 7) is 2.29. The summed E-state index contributed by atoms with van der Waals surface area (Å²) in [4.78, 5) is 0. The summed E-state index contributed by atoms with van der Waals surface area (Å²) >= 11 is 3.64. The van der Waals surface area contributed by atoms with Crippen LogP contribution in [-0.4, -0.2) is 7.11 Å². The summed E-state index contributed by atoms with van der Waals surface area (Å²) < 4.78 is 6.43. The standard InChI is InChI=1S/C16H25BrN2O/c1-3-11-4-6-12(7-5-11)16(19-18)14-10-13(20-2)8-9-15(14)17/h8-12,16,19H,3-7,18H2,1-2H3. The van der Waals surface area contributed by atoms with Gasteiger partial charge in [-0.1, -0.05) is 42.1 Å². The van der Waals surface area contributed by atoms with Gasteiger partial charge in [0.1, 0.15) is 5.75 Å². The topological polar surface area (TPSA) is 47.3 Å². The van der Waals surface area contributed by atoms with E-state index >= 15 is 0 Å². The van der Waals surface area contributed by atoms with E-state index in [1.807, 2.05) is 12.1 Å². The van der Waals surface area contributed by atoms with E-state index in [1.165, 1.54) is 37.7 Å². The average molecular weight is 341 g/mol. The monoisotopic (exact) mass is 340 g/mol. The number of nitrogens with two attached hydrogens (primary N) is 1. The molecule has 112 valence electrons. The number of halogens is 1. The Kier molecular flexibility index (Phi) is 5.87. The second-order valence-corrected chi connectivity index (χ2v) is 6.58. The van der Waals surface area contributed by atoms with Crippen LogP contribution in [0.4, 0.5) is 0 Å². The van der Waals surface area contributed by atoms with Gasteiger partial charge in [0.2, 0.25) is 0 Å². The number of methoxy groups -OCH3 is 1. The van der Waals surface area contributed by atoms with Crippen molar-refractivity contribution in [2.45, 2.75) is 45.1 Å². The Bertz CT molecular complexity index is 430. The number of hydrazine groups is 1. The van der Waals surface area contributed by atoms with Crippen LogP contribution in [0.15, 0.2) is 22.7 Å². The van der Waals surface area contributed by atoms with E-state index < -0.39 is 0 Å². The van der Waals surface area contributed by atoms with E-state index in [0.29, 0.717) is 5.92 Å². The van der Waals surface area contributed by atoms with E-state index in [4.69, 9.17) is 10.6 Å². The fourth-order valence-corrected chi connectivity index (χ4v) is 3.79. The van der Waals surface area contributed by atoms with Crippen molar-refractivity contribution >= 4 is 15.9 Å². The molecular formula is C16H25BrN2O. The van der Waals surface area contributed by atoms with Crippen molar-refractivity contribution in [2.24, 2.45) is 17.7 Å². The zero-order chi connectivity index (χ0) is 14.5. The number of ether oxygens (including phenoxy) is 1. The zero-order valence-electron chi connectivity index (χ0n) is 12.4. The van der Waals surface area contributed by atoms with Crippen LogP contribution in [0.25, 0.3) is 0 Å². The third kappa shape index (κ3) is 3.54. The molecule has 0 aliphatic heterocycles. The third-order valence-electron chi connectivity index (χ3n) is 4.66. The molecule has 20 heavy (non-hydrogen) atoms. The average Bonchev–Trinajstić information content (AvgIpc) is 2.50. The minimum atomic E-state index is 0.192. The maximum Gasteiger partial charge on any atom is 0.119 e. The van der Waals surface area contributed by atoms with E-state index in [-0.39, 0.29) is 6.04 Å². The van der Waals surface area contributed by atoms with Crippen LogP contribution in [0.2, 0.25) is 0 Å². The molecule has 1 fully saturated rings. The molecule has 0 heterocycles. The van der Waals surface area contributed by atoms with Gasteiger partial charge in [0.25, 0.3) is 0 Å². The van der Waals surface area contributed by atoms with Crippen LogP contribution in [0, 0.1) is 11.8 Å². The lowest BCUT2D eigenvalue weighted by Gasteiger charge is -2.34.